The molecule has 0 spiro atoms. The summed E-state index contributed by atoms with van der Waals surface area (Å²) in [5.41, 5.74) is 6.27. The molecule has 5 nitrogen and oxygen atoms in total. The molecule has 1 aromatic heterocycles. The van der Waals surface area contributed by atoms with E-state index in [4.69, 9.17) is 18.0 Å². The number of rotatable bonds is 5. The van der Waals surface area contributed by atoms with Gasteiger partial charge in [0.15, 0.2) is 0 Å². The molecule has 0 fully saturated rings. The minimum atomic E-state index is -3.78. The van der Waals surface area contributed by atoms with Gasteiger partial charge in [-0.15, -0.1) is 0 Å². The van der Waals surface area contributed by atoms with Gasteiger partial charge in [0.1, 0.15) is 15.6 Å². The number of sulfonamides is 1. The number of hydrogen-bond donors (Lipinski definition) is 1. The first kappa shape index (κ1) is 15.4. The molecule has 0 bridgehead atoms. The molecule has 21 heavy (non-hydrogen) atoms. The van der Waals surface area contributed by atoms with Crippen LogP contribution < -0.4 is 10.0 Å². The lowest BCUT2D eigenvalue weighted by Gasteiger charge is -2.23. The zero-order valence-corrected chi connectivity index (χ0v) is 13.1. The number of nitrogens with zero attached hydrogens (tertiary/aromatic N) is 2. The highest BCUT2D eigenvalue weighted by Crippen LogP contribution is 2.24. The molecule has 0 amide bonds. The molecule has 0 atom stereocenters. The summed E-state index contributed by atoms with van der Waals surface area (Å²) in [7, 11) is -3.78. The molecule has 2 N–H and O–H groups in total. The van der Waals surface area contributed by atoms with Gasteiger partial charge in [-0.2, -0.15) is 0 Å². The molecular formula is C14H15N3O2S2. The summed E-state index contributed by atoms with van der Waals surface area (Å²) in [5.74, 6) is 0. The van der Waals surface area contributed by atoms with Crippen LogP contribution in [-0.4, -0.2) is 24.9 Å². The minimum Gasteiger partial charge on any atom is -0.388 e. The lowest BCUT2D eigenvalue weighted by molar-refractivity contribution is 0.591. The molecule has 2 aromatic rings. The second-order valence-electron chi connectivity index (χ2n) is 4.22. The van der Waals surface area contributed by atoms with E-state index in [0.717, 1.165) is 0 Å². The van der Waals surface area contributed by atoms with Gasteiger partial charge in [-0.25, -0.2) is 8.42 Å². The van der Waals surface area contributed by atoms with Crippen LogP contribution in [0.2, 0.25) is 0 Å². The molecule has 0 aliphatic carbocycles. The highest BCUT2D eigenvalue weighted by Gasteiger charge is 2.27. The first-order valence-corrected chi connectivity index (χ1v) is 8.16. The Balaban J connectivity index is 2.59. The number of pyridine rings is 1. The zero-order chi connectivity index (χ0) is 15.5. The Kier molecular flexibility index (Phi) is 4.54. The van der Waals surface area contributed by atoms with E-state index in [2.05, 4.69) is 4.98 Å². The number of para-hydroxylation sites is 1. The standard InChI is InChI=1S/C14H15N3O2S2/c1-2-17(11-7-4-3-5-8-11)21(18,19)12-9-6-10-16-13(12)14(15)20/h3-10H,2H2,1H3,(H2,15,20). The quantitative estimate of drug-likeness (QED) is 0.852. The molecule has 0 saturated heterocycles. The maximum absolute atomic E-state index is 12.9. The second-order valence-corrected chi connectivity index (χ2v) is 6.49. The fraction of sp³-hybridized carbons (Fsp3) is 0.143. The largest absolute Gasteiger partial charge is 0.388 e. The third-order valence-electron chi connectivity index (χ3n) is 2.90. The van der Waals surface area contributed by atoms with Crippen LogP contribution in [0, 0.1) is 0 Å². The van der Waals surface area contributed by atoms with Crippen molar-refractivity contribution in [1.82, 2.24) is 4.98 Å². The Morgan fingerprint density at radius 1 is 1.24 bits per heavy atom. The van der Waals surface area contributed by atoms with Crippen LogP contribution in [0.4, 0.5) is 5.69 Å². The van der Waals surface area contributed by atoms with Gasteiger partial charge in [-0.05, 0) is 31.2 Å². The van der Waals surface area contributed by atoms with Gasteiger partial charge in [0.25, 0.3) is 10.0 Å². The summed E-state index contributed by atoms with van der Waals surface area (Å²) < 4.78 is 27.0. The van der Waals surface area contributed by atoms with Gasteiger partial charge >= 0.3 is 0 Å². The average Bonchev–Trinajstić information content (AvgIpc) is 2.49. The van der Waals surface area contributed by atoms with E-state index in [1.54, 1.807) is 37.3 Å². The fourth-order valence-corrected chi connectivity index (χ4v) is 3.85. The van der Waals surface area contributed by atoms with Gasteiger partial charge in [0.05, 0.1) is 5.69 Å². The first-order chi connectivity index (χ1) is 9.98. The van der Waals surface area contributed by atoms with Gasteiger partial charge in [-0.1, -0.05) is 30.4 Å². The molecular weight excluding hydrogens is 306 g/mol. The first-order valence-electron chi connectivity index (χ1n) is 6.31. The van der Waals surface area contributed by atoms with E-state index < -0.39 is 10.0 Å². The maximum Gasteiger partial charge on any atom is 0.266 e. The van der Waals surface area contributed by atoms with E-state index in [1.807, 2.05) is 6.07 Å². The fourth-order valence-electron chi connectivity index (χ4n) is 1.99. The third-order valence-corrected chi connectivity index (χ3v) is 5.03. The van der Waals surface area contributed by atoms with Gasteiger partial charge < -0.3 is 5.73 Å². The Hall–Kier alpha value is -1.99. The van der Waals surface area contributed by atoms with Crippen LogP contribution in [0.15, 0.2) is 53.6 Å². The van der Waals surface area contributed by atoms with Crippen LogP contribution in [-0.2, 0) is 10.0 Å². The summed E-state index contributed by atoms with van der Waals surface area (Å²) in [6.45, 7) is 2.05. The highest BCUT2D eigenvalue weighted by molar-refractivity contribution is 7.93. The number of benzene rings is 1. The molecule has 0 unspecified atom stereocenters. The molecule has 0 aliphatic rings. The number of anilines is 1. The van der Waals surface area contributed by atoms with Gasteiger partial charge in [0.2, 0.25) is 0 Å². The number of thiocarbonyl (C=S) groups is 1. The van der Waals surface area contributed by atoms with E-state index >= 15 is 0 Å². The number of nitrogens with two attached hydrogens (primary N) is 1. The normalized spacial score (nSPS) is 11.1. The van der Waals surface area contributed by atoms with E-state index in [-0.39, 0.29) is 22.1 Å². The molecule has 2 rings (SSSR count). The van der Waals surface area contributed by atoms with Crippen molar-refractivity contribution in [1.29, 1.82) is 0 Å². The monoisotopic (exact) mass is 321 g/mol. The van der Waals surface area contributed by atoms with Crippen molar-refractivity contribution in [3.8, 4) is 0 Å². The van der Waals surface area contributed by atoms with Crippen molar-refractivity contribution >= 4 is 32.9 Å². The van der Waals surface area contributed by atoms with Crippen molar-refractivity contribution in [2.45, 2.75) is 11.8 Å². The topological polar surface area (TPSA) is 76.3 Å². The van der Waals surface area contributed by atoms with Gasteiger partial charge in [0, 0.05) is 12.7 Å². The van der Waals surface area contributed by atoms with E-state index in [9.17, 15) is 8.42 Å². The molecule has 1 heterocycles. The van der Waals surface area contributed by atoms with Crippen molar-refractivity contribution in [2.24, 2.45) is 5.73 Å². The van der Waals surface area contributed by atoms with Crippen LogP contribution in [0.25, 0.3) is 0 Å². The molecule has 1 aromatic carbocycles. The summed E-state index contributed by atoms with van der Waals surface area (Å²) >= 11 is 4.89. The van der Waals surface area contributed by atoms with E-state index in [1.165, 1.54) is 16.6 Å². The zero-order valence-electron chi connectivity index (χ0n) is 11.4. The summed E-state index contributed by atoms with van der Waals surface area (Å²) in [6.07, 6.45) is 1.46. The highest BCUT2D eigenvalue weighted by atomic mass is 32.2. The maximum atomic E-state index is 12.9. The van der Waals surface area contributed by atoms with Crippen molar-refractivity contribution in [3.63, 3.8) is 0 Å². The predicted molar refractivity (Wildman–Crippen MR) is 86.8 cm³/mol. The van der Waals surface area contributed by atoms with Gasteiger partial charge in [-0.3, -0.25) is 9.29 Å². The molecule has 0 radical (unpaired) electrons. The Morgan fingerprint density at radius 2 is 1.90 bits per heavy atom. The van der Waals surface area contributed by atoms with Crippen LogP contribution >= 0.6 is 12.2 Å². The lowest BCUT2D eigenvalue weighted by atomic mass is 10.3. The van der Waals surface area contributed by atoms with Crippen LogP contribution in [0.3, 0.4) is 0 Å². The SMILES string of the molecule is CCN(c1ccccc1)S(=O)(=O)c1cccnc1C(N)=S. The van der Waals surface area contributed by atoms with Crippen LogP contribution in [0.5, 0.6) is 0 Å². The molecule has 0 saturated carbocycles. The summed E-state index contributed by atoms with van der Waals surface area (Å²) in [5, 5.41) is 0. The van der Waals surface area contributed by atoms with E-state index in [0.29, 0.717) is 5.69 Å². The van der Waals surface area contributed by atoms with Crippen molar-refractivity contribution < 1.29 is 8.42 Å². The average molecular weight is 321 g/mol. The second kappa shape index (κ2) is 6.19. The molecule has 0 aliphatic heterocycles. The lowest BCUT2D eigenvalue weighted by Crippen LogP contribution is -2.32. The number of hydrogen-bond acceptors (Lipinski definition) is 4. The summed E-state index contributed by atoms with van der Waals surface area (Å²) in [4.78, 5) is 3.96. The van der Waals surface area contributed by atoms with Crippen LogP contribution in [0.1, 0.15) is 12.6 Å². The Bertz CT molecular complexity index is 746. The third kappa shape index (κ3) is 3.03. The smallest absolute Gasteiger partial charge is 0.266 e. The number of aromatic nitrogens is 1. The van der Waals surface area contributed by atoms with Crippen molar-refractivity contribution in [3.05, 3.63) is 54.4 Å². The molecule has 7 heteroatoms. The Morgan fingerprint density at radius 3 is 2.48 bits per heavy atom. The minimum absolute atomic E-state index is 0.0169. The predicted octanol–water partition coefficient (Wildman–Crippen LogP) is 1.93. The molecule has 110 valence electrons. The summed E-state index contributed by atoms with van der Waals surface area (Å²) in [6, 6.07) is 11.9. The Labute approximate surface area is 129 Å². The van der Waals surface area contributed by atoms with Crippen molar-refractivity contribution in [2.75, 3.05) is 10.8 Å².